The van der Waals surface area contributed by atoms with Crippen molar-refractivity contribution in [1.29, 1.82) is 0 Å². The van der Waals surface area contributed by atoms with Crippen molar-refractivity contribution in [2.24, 2.45) is 0 Å². The smallest absolute Gasteiger partial charge is 0.382 e. The van der Waals surface area contributed by atoms with E-state index >= 15 is 0 Å². The Balaban J connectivity index is 1.19. The fourth-order valence-electron chi connectivity index (χ4n) is 5.47. The lowest BCUT2D eigenvalue weighted by molar-refractivity contribution is -0.140. The highest BCUT2D eigenvalue weighted by atomic mass is 32.2. The van der Waals surface area contributed by atoms with Crippen LogP contribution in [0.4, 0.5) is 37.7 Å². The van der Waals surface area contributed by atoms with E-state index in [0.717, 1.165) is 53.9 Å². The molecule has 2 aromatic carbocycles. The predicted octanol–water partition coefficient (Wildman–Crippen LogP) is 4.98. The molecule has 0 atom stereocenters. The van der Waals surface area contributed by atoms with Gasteiger partial charge in [0, 0.05) is 77.2 Å². The average Bonchev–Trinajstić information content (AvgIpc) is 2.97. The number of halogens is 6. The Bertz CT molecular complexity index is 1380. The van der Waals surface area contributed by atoms with Crippen LogP contribution in [-0.4, -0.2) is 94.4 Å². The van der Waals surface area contributed by atoms with Crippen LogP contribution in [0.3, 0.4) is 0 Å². The van der Waals surface area contributed by atoms with Crippen molar-refractivity contribution in [2.75, 3.05) is 70.1 Å². The maximum Gasteiger partial charge on any atom is 0.417 e. The van der Waals surface area contributed by atoms with E-state index in [1.54, 1.807) is 4.90 Å². The third-order valence-electron chi connectivity index (χ3n) is 8.06. The fraction of sp³-hybridized carbons (Fsp3) is 0.552. The predicted molar refractivity (Wildman–Crippen MR) is 155 cm³/mol. The molecule has 0 aliphatic carbocycles. The molecule has 2 aliphatic rings. The van der Waals surface area contributed by atoms with E-state index in [1.165, 1.54) is 32.3 Å². The molecule has 2 aliphatic heterocycles. The summed E-state index contributed by atoms with van der Waals surface area (Å²) in [5, 5.41) is 3.06. The van der Waals surface area contributed by atoms with Crippen molar-refractivity contribution in [3.8, 4) is 0 Å². The molecule has 2 aromatic rings. The number of piperazine rings is 1. The van der Waals surface area contributed by atoms with Gasteiger partial charge >= 0.3 is 12.4 Å². The lowest BCUT2D eigenvalue weighted by Crippen LogP contribution is -2.47. The fourth-order valence-corrected chi connectivity index (χ4v) is 6.56. The Hall–Kier alpha value is -3.04. The molecule has 0 aromatic heterocycles. The van der Waals surface area contributed by atoms with Crippen molar-refractivity contribution in [3.63, 3.8) is 0 Å². The molecule has 0 saturated carbocycles. The number of carbonyl (C=O) groups is 1. The molecule has 2 fully saturated rings. The Morgan fingerprint density at radius 1 is 0.886 bits per heavy atom. The number of benzene rings is 2. The minimum absolute atomic E-state index is 0.0180. The van der Waals surface area contributed by atoms with Gasteiger partial charge in [-0.1, -0.05) is 0 Å². The second-order valence-electron chi connectivity index (χ2n) is 11.3. The first kappa shape index (κ1) is 33.8. The highest BCUT2D eigenvalue weighted by Gasteiger charge is 2.38. The van der Waals surface area contributed by atoms with Crippen LogP contribution in [0.5, 0.6) is 0 Å². The molecule has 0 spiro atoms. The zero-order valence-corrected chi connectivity index (χ0v) is 25.4. The largest absolute Gasteiger partial charge is 0.417 e. The summed E-state index contributed by atoms with van der Waals surface area (Å²) in [4.78, 5) is 18.0. The number of anilines is 2. The van der Waals surface area contributed by atoms with Gasteiger partial charge in [-0.25, -0.2) is 12.7 Å². The second kappa shape index (κ2) is 13.5. The van der Waals surface area contributed by atoms with Gasteiger partial charge in [-0.3, -0.25) is 9.69 Å². The summed E-state index contributed by atoms with van der Waals surface area (Å²) in [5.41, 5.74) is -0.988. The number of nitrogens with one attached hydrogen (secondary N) is 1. The molecule has 0 bridgehead atoms. The minimum Gasteiger partial charge on any atom is -0.382 e. The van der Waals surface area contributed by atoms with Crippen LogP contribution in [0.25, 0.3) is 0 Å². The molecule has 1 amide bonds. The van der Waals surface area contributed by atoms with Crippen molar-refractivity contribution in [1.82, 2.24) is 14.1 Å². The van der Waals surface area contributed by atoms with E-state index in [4.69, 9.17) is 0 Å². The van der Waals surface area contributed by atoms with Crippen molar-refractivity contribution >= 4 is 27.3 Å². The van der Waals surface area contributed by atoms with Gasteiger partial charge in [0.05, 0.1) is 16.0 Å². The van der Waals surface area contributed by atoms with E-state index in [1.807, 2.05) is 4.90 Å². The summed E-state index contributed by atoms with van der Waals surface area (Å²) < 4.78 is 105. The Morgan fingerprint density at radius 3 is 2.05 bits per heavy atom. The van der Waals surface area contributed by atoms with Gasteiger partial charge in [-0.2, -0.15) is 26.3 Å². The lowest BCUT2D eigenvalue weighted by atomic mass is 10.0. The highest BCUT2D eigenvalue weighted by Crippen LogP contribution is 2.37. The molecule has 0 radical (unpaired) electrons. The molecule has 44 heavy (non-hydrogen) atoms. The van der Waals surface area contributed by atoms with Gasteiger partial charge in [0.2, 0.25) is 15.9 Å². The average molecular weight is 650 g/mol. The quantitative estimate of drug-likeness (QED) is 0.387. The molecule has 15 heteroatoms. The lowest BCUT2D eigenvalue weighted by Gasteiger charge is -2.36. The van der Waals surface area contributed by atoms with Crippen molar-refractivity contribution in [3.05, 3.63) is 53.6 Å². The molecule has 8 nitrogen and oxygen atoms in total. The van der Waals surface area contributed by atoms with Crippen molar-refractivity contribution in [2.45, 2.75) is 49.0 Å². The van der Waals surface area contributed by atoms with Crippen LogP contribution in [-0.2, 0) is 27.2 Å². The van der Waals surface area contributed by atoms with Gasteiger partial charge in [0.25, 0.3) is 0 Å². The molecule has 2 saturated heterocycles. The van der Waals surface area contributed by atoms with Crippen LogP contribution >= 0.6 is 0 Å². The first-order valence-electron chi connectivity index (χ1n) is 14.4. The maximum atomic E-state index is 13.7. The number of amides is 1. The van der Waals surface area contributed by atoms with Crippen LogP contribution in [0, 0.1) is 0 Å². The topological polar surface area (TPSA) is 76.2 Å². The van der Waals surface area contributed by atoms with E-state index in [9.17, 15) is 39.6 Å². The van der Waals surface area contributed by atoms with Gasteiger partial charge < -0.3 is 15.1 Å². The van der Waals surface area contributed by atoms with E-state index in [-0.39, 0.29) is 17.6 Å². The number of hydrogen-bond acceptors (Lipinski definition) is 6. The first-order valence-corrected chi connectivity index (χ1v) is 15.8. The summed E-state index contributed by atoms with van der Waals surface area (Å²) in [7, 11) is -1.94. The molecule has 0 unspecified atom stereocenters. The number of carbonyl (C=O) groups excluding carboxylic acids is 1. The summed E-state index contributed by atoms with van der Waals surface area (Å²) >= 11 is 0. The summed E-state index contributed by atoms with van der Waals surface area (Å²) in [6, 6.07) is 8.10. The third-order valence-corrected chi connectivity index (χ3v) is 9.93. The normalized spacial score (nSPS) is 17.8. The zero-order chi connectivity index (χ0) is 32.3. The minimum atomic E-state index is -4.86. The summed E-state index contributed by atoms with van der Waals surface area (Å²) in [6.07, 6.45) is -7.11. The van der Waals surface area contributed by atoms with Crippen molar-refractivity contribution < 1.29 is 39.6 Å². The number of sulfonamides is 1. The molecule has 1 N–H and O–H groups in total. The molecular weight excluding hydrogens is 612 g/mol. The third kappa shape index (κ3) is 8.36. The van der Waals surface area contributed by atoms with Gasteiger partial charge in [0.15, 0.2) is 0 Å². The Morgan fingerprint density at radius 2 is 1.50 bits per heavy atom. The van der Waals surface area contributed by atoms with Crippen LogP contribution < -0.4 is 10.2 Å². The number of alkyl halides is 6. The SMILES string of the molecule is CN(C)S(=O)(=O)c1ccc(NC2CCN(C(=O)CCCN3CCN(c4ccc(C(F)(F)F)cc4)CC3)CC2)cc1C(F)(F)F. The van der Waals surface area contributed by atoms with E-state index in [2.05, 4.69) is 10.2 Å². The highest BCUT2D eigenvalue weighted by molar-refractivity contribution is 7.89. The Labute approximate surface area is 253 Å². The summed E-state index contributed by atoms with van der Waals surface area (Å²) in [5.74, 6) is 0.0180. The summed E-state index contributed by atoms with van der Waals surface area (Å²) in [6.45, 7) is 4.49. The number of hydrogen-bond donors (Lipinski definition) is 1. The number of nitrogens with zero attached hydrogens (tertiary/aromatic N) is 4. The zero-order valence-electron chi connectivity index (χ0n) is 24.6. The molecule has 244 valence electrons. The molecule has 4 rings (SSSR count). The van der Waals surface area contributed by atoms with Crippen LogP contribution in [0.15, 0.2) is 47.4 Å². The van der Waals surface area contributed by atoms with Crippen LogP contribution in [0.2, 0.25) is 0 Å². The number of rotatable bonds is 9. The van der Waals surface area contributed by atoms with E-state index in [0.29, 0.717) is 51.9 Å². The number of piperidine rings is 1. The van der Waals surface area contributed by atoms with Gasteiger partial charge in [-0.05, 0) is 68.3 Å². The molecular formula is C29H37F6N5O3S. The maximum absolute atomic E-state index is 13.7. The Kier molecular flexibility index (Phi) is 10.4. The monoisotopic (exact) mass is 649 g/mol. The first-order chi connectivity index (χ1) is 20.6. The number of likely N-dealkylation sites (tertiary alicyclic amines) is 1. The van der Waals surface area contributed by atoms with Crippen LogP contribution in [0.1, 0.15) is 36.8 Å². The van der Waals surface area contributed by atoms with Gasteiger partial charge in [0.1, 0.15) is 0 Å². The standard InChI is InChI=1S/C29H37F6N5O3S/c1-37(2)44(42,43)26-10-7-23(20-25(26)29(33,34)35)36-22-11-14-40(15-12-22)27(41)4-3-13-38-16-18-39(19-17-38)24-8-5-21(6-9-24)28(30,31)32/h5-10,20,22,36H,3-4,11-19H2,1-2H3. The molecule has 2 heterocycles. The van der Waals surface area contributed by atoms with Gasteiger partial charge in [-0.15, -0.1) is 0 Å². The van der Waals surface area contributed by atoms with E-state index < -0.39 is 38.4 Å². The second-order valence-corrected chi connectivity index (χ2v) is 13.4.